The highest BCUT2D eigenvalue weighted by Gasteiger charge is 2.35. The molecule has 1 aromatic carbocycles. The number of carbonyl (C=O) groups excluding carboxylic acids is 1. The monoisotopic (exact) mass is 579 g/mol. The largest absolute Gasteiger partial charge is 0.417 e. The SMILES string of the molecule is Cc1ccc(NC(=O)c2nccc(C(F)(F)F)c2Cl)cc1C1=Cc2cnc(Nc3cnn(C)c3)nc2N2CCN=C12. The summed E-state index contributed by atoms with van der Waals surface area (Å²) in [5, 5.41) is 9.16. The lowest BCUT2D eigenvalue weighted by Gasteiger charge is -2.28. The van der Waals surface area contributed by atoms with E-state index in [0.29, 0.717) is 30.5 Å². The first-order chi connectivity index (χ1) is 19.6. The third kappa shape index (κ3) is 4.99. The van der Waals surface area contributed by atoms with Crippen molar-refractivity contribution < 1.29 is 18.0 Å². The number of nitrogens with one attached hydrogen (secondary N) is 2. The van der Waals surface area contributed by atoms with Crippen molar-refractivity contribution in [1.82, 2.24) is 24.7 Å². The molecule has 0 aliphatic carbocycles. The fourth-order valence-corrected chi connectivity index (χ4v) is 4.98. The number of alkyl halides is 3. The predicted molar refractivity (Wildman–Crippen MR) is 149 cm³/mol. The van der Waals surface area contributed by atoms with Gasteiger partial charge in [0.2, 0.25) is 5.95 Å². The number of fused-ring (bicyclic) bond motifs is 3. The number of hydrogen-bond donors (Lipinski definition) is 2. The molecule has 0 radical (unpaired) electrons. The molecule has 2 aliphatic rings. The Morgan fingerprint density at radius 3 is 2.71 bits per heavy atom. The van der Waals surface area contributed by atoms with Crippen LogP contribution in [-0.4, -0.2) is 49.6 Å². The molecule has 0 saturated heterocycles. The van der Waals surface area contributed by atoms with Crippen molar-refractivity contribution in [2.75, 3.05) is 28.6 Å². The Labute approximate surface area is 236 Å². The molecule has 0 fully saturated rings. The molecule has 208 valence electrons. The molecule has 1 amide bonds. The standard InChI is InChI=1S/C27H21ClF3N9O/c1-14-3-4-16(36-25(41)22-21(28)20(5-6-32-22)27(29,30)31)10-18(14)19-9-15-11-34-26(37-17-12-35-39(2)13-17)38-23(15)40-8-7-33-24(19)40/h3-6,9-13H,7-8H2,1-2H3,(H,36,41)(H,34,37,38). The summed E-state index contributed by atoms with van der Waals surface area (Å²) in [6.45, 7) is 3.11. The van der Waals surface area contributed by atoms with Crippen LogP contribution in [0.4, 0.5) is 36.3 Å². The first-order valence-corrected chi connectivity index (χ1v) is 12.8. The Hall–Kier alpha value is -4.78. The lowest BCUT2D eigenvalue weighted by Crippen LogP contribution is -2.32. The van der Waals surface area contributed by atoms with E-state index in [4.69, 9.17) is 21.6 Å². The molecule has 0 bridgehead atoms. The van der Waals surface area contributed by atoms with Gasteiger partial charge in [-0.05, 0) is 42.3 Å². The van der Waals surface area contributed by atoms with Gasteiger partial charge in [0.15, 0.2) is 0 Å². The summed E-state index contributed by atoms with van der Waals surface area (Å²) < 4.78 is 41.5. The maximum absolute atomic E-state index is 13.3. The van der Waals surface area contributed by atoms with Crippen molar-refractivity contribution in [2.45, 2.75) is 13.1 Å². The fourth-order valence-electron chi connectivity index (χ4n) is 4.68. The predicted octanol–water partition coefficient (Wildman–Crippen LogP) is 5.35. The molecular formula is C27H21ClF3N9O. The summed E-state index contributed by atoms with van der Waals surface area (Å²) in [6, 6.07) is 5.93. The van der Waals surface area contributed by atoms with Crippen LogP contribution in [0.25, 0.3) is 11.6 Å². The minimum Gasteiger partial charge on any atom is -0.321 e. The van der Waals surface area contributed by atoms with Crippen molar-refractivity contribution in [1.29, 1.82) is 0 Å². The number of aliphatic imine (C=N–C) groups is 1. The Bertz CT molecular complexity index is 1760. The quantitative estimate of drug-likeness (QED) is 0.327. The van der Waals surface area contributed by atoms with E-state index in [9.17, 15) is 18.0 Å². The number of carbonyl (C=O) groups is 1. The second kappa shape index (κ2) is 10.0. The van der Waals surface area contributed by atoms with Crippen molar-refractivity contribution in [2.24, 2.45) is 12.0 Å². The third-order valence-corrected chi connectivity index (χ3v) is 6.97. The lowest BCUT2D eigenvalue weighted by molar-refractivity contribution is -0.137. The number of hydrogen-bond acceptors (Lipinski definition) is 8. The molecule has 4 aromatic rings. The number of amidine groups is 1. The highest BCUT2D eigenvalue weighted by molar-refractivity contribution is 6.36. The summed E-state index contributed by atoms with van der Waals surface area (Å²) in [5.41, 5.74) is 2.73. The smallest absolute Gasteiger partial charge is 0.321 e. The van der Waals surface area contributed by atoms with Gasteiger partial charge in [-0.15, -0.1) is 0 Å². The number of aryl methyl sites for hydroxylation is 2. The molecular weight excluding hydrogens is 559 g/mol. The second-order valence-corrected chi connectivity index (χ2v) is 9.80. The van der Waals surface area contributed by atoms with E-state index in [1.165, 1.54) is 0 Å². The van der Waals surface area contributed by atoms with Gasteiger partial charge < -0.3 is 15.5 Å². The van der Waals surface area contributed by atoms with Crippen molar-refractivity contribution in [3.05, 3.63) is 82.0 Å². The van der Waals surface area contributed by atoms with Gasteiger partial charge in [-0.1, -0.05) is 17.7 Å². The maximum Gasteiger partial charge on any atom is 0.417 e. The van der Waals surface area contributed by atoms with E-state index < -0.39 is 28.4 Å². The van der Waals surface area contributed by atoms with E-state index in [1.807, 2.05) is 31.1 Å². The van der Waals surface area contributed by atoms with Crippen molar-refractivity contribution in [3.63, 3.8) is 0 Å². The molecule has 2 aliphatic heterocycles. The van der Waals surface area contributed by atoms with E-state index >= 15 is 0 Å². The van der Waals surface area contributed by atoms with E-state index in [1.54, 1.807) is 35.3 Å². The Morgan fingerprint density at radius 2 is 1.95 bits per heavy atom. The number of aromatic nitrogens is 5. The molecule has 5 heterocycles. The number of amides is 1. The number of rotatable bonds is 5. The van der Waals surface area contributed by atoms with Crippen molar-refractivity contribution in [3.8, 4) is 0 Å². The van der Waals surface area contributed by atoms with Crippen LogP contribution in [0.3, 0.4) is 0 Å². The highest BCUT2D eigenvalue weighted by atomic mass is 35.5. The molecule has 14 heteroatoms. The first kappa shape index (κ1) is 26.4. The first-order valence-electron chi connectivity index (χ1n) is 12.4. The van der Waals surface area contributed by atoms with Gasteiger partial charge >= 0.3 is 6.18 Å². The molecule has 0 saturated carbocycles. The Kier molecular flexibility index (Phi) is 6.45. The normalized spacial score (nSPS) is 14.2. The zero-order chi connectivity index (χ0) is 28.9. The van der Waals surface area contributed by atoms with Gasteiger partial charge in [0, 0.05) is 49.0 Å². The topological polar surface area (TPSA) is 113 Å². The molecule has 10 nitrogen and oxygen atoms in total. The van der Waals surface area contributed by atoms with Gasteiger partial charge in [-0.2, -0.15) is 23.3 Å². The van der Waals surface area contributed by atoms with Crippen LogP contribution in [0.15, 0.2) is 54.0 Å². The Balaban J connectivity index is 1.32. The van der Waals surface area contributed by atoms with Gasteiger partial charge in [-0.3, -0.25) is 14.5 Å². The van der Waals surface area contributed by atoms with Crippen LogP contribution in [-0.2, 0) is 13.2 Å². The third-order valence-electron chi connectivity index (χ3n) is 6.59. The zero-order valence-corrected chi connectivity index (χ0v) is 22.4. The van der Waals surface area contributed by atoms with Crippen LogP contribution < -0.4 is 15.5 Å². The lowest BCUT2D eigenvalue weighted by atomic mass is 9.94. The summed E-state index contributed by atoms with van der Waals surface area (Å²) in [4.78, 5) is 32.6. The minimum absolute atomic E-state index is 0.356. The van der Waals surface area contributed by atoms with Gasteiger partial charge in [0.25, 0.3) is 5.91 Å². The van der Waals surface area contributed by atoms with Gasteiger partial charge in [0.1, 0.15) is 17.3 Å². The van der Waals surface area contributed by atoms with Gasteiger partial charge in [0.05, 0.1) is 29.0 Å². The van der Waals surface area contributed by atoms with Crippen LogP contribution in [0.2, 0.25) is 5.02 Å². The fraction of sp³-hybridized carbons (Fsp3) is 0.185. The van der Waals surface area contributed by atoms with Gasteiger partial charge in [-0.25, -0.2) is 9.97 Å². The number of halogens is 4. The maximum atomic E-state index is 13.3. The van der Waals surface area contributed by atoms with Crippen LogP contribution in [0, 0.1) is 6.92 Å². The summed E-state index contributed by atoms with van der Waals surface area (Å²) in [6.07, 6.45) is 3.33. The summed E-state index contributed by atoms with van der Waals surface area (Å²) >= 11 is 5.90. The molecule has 0 atom stereocenters. The van der Waals surface area contributed by atoms with Crippen LogP contribution >= 0.6 is 11.6 Å². The Morgan fingerprint density at radius 1 is 1.12 bits per heavy atom. The average molecular weight is 580 g/mol. The number of anilines is 4. The van der Waals surface area contributed by atoms with Crippen molar-refractivity contribution >= 4 is 58.1 Å². The zero-order valence-electron chi connectivity index (χ0n) is 21.7. The molecule has 6 rings (SSSR count). The number of benzene rings is 1. The van der Waals surface area contributed by atoms with E-state index in [-0.39, 0.29) is 0 Å². The molecule has 2 N–H and O–H groups in total. The summed E-state index contributed by atoms with van der Waals surface area (Å²) in [5.74, 6) is 0.986. The van der Waals surface area contributed by atoms with E-state index in [0.717, 1.165) is 46.0 Å². The number of nitrogens with zero attached hydrogens (tertiary/aromatic N) is 7. The molecule has 3 aromatic heterocycles. The summed E-state index contributed by atoms with van der Waals surface area (Å²) in [7, 11) is 1.82. The molecule has 41 heavy (non-hydrogen) atoms. The van der Waals surface area contributed by atoms with Crippen LogP contribution in [0.1, 0.15) is 32.7 Å². The van der Waals surface area contributed by atoms with E-state index in [2.05, 4.69) is 25.7 Å². The van der Waals surface area contributed by atoms with Crippen LogP contribution in [0.5, 0.6) is 0 Å². The molecule has 0 unspecified atom stereocenters. The highest BCUT2D eigenvalue weighted by Crippen LogP contribution is 2.38. The second-order valence-electron chi connectivity index (χ2n) is 9.42. The number of pyridine rings is 1. The minimum atomic E-state index is -4.72. The molecule has 0 spiro atoms. The average Bonchev–Trinajstić information content (AvgIpc) is 3.58.